The van der Waals surface area contributed by atoms with Crippen molar-refractivity contribution >= 4 is 11.8 Å². The molecule has 1 heterocycles. The minimum atomic E-state index is 0. The monoisotopic (exact) mass is 261 g/mol. The van der Waals surface area contributed by atoms with Crippen molar-refractivity contribution in [2.24, 2.45) is 0 Å². The van der Waals surface area contributed by atoms with Gasteiger partial charge in [-0.15, -0.1) is 0 Å². The Bertz CT molecular complexity index is 343. The molecule has 3 nitrogen and oxygen atoms in total. The minimum Gasteiger partial charge on any atom is -1.00 e. The lowest BCUT2D eigenvalue weighted by Crippen LogP contribution is -3.00. The zero-order chi connectivity index (χ0) is 10.7. The van der Waals surface area contributed by atoms with E-state index in [9.17, 15) is 0 Å². The first-order valence-corrected chi connectivity index (χ1v) is 6.07. The number of benzene rings is 1. The summed E-state index contributed by atoms with van der Waals surface area (Å²) in [6, 6.07) is 6.15. The summed E-state index contributed by atoms with van der Waals surface area (Å²) in [4.78, 5) is 0. The molecule has 1 fully saturated rings. The lowest BCUT2D eigenvalue weighted by Gasteiger charge is -2.11. The van der Waals surface area contributed by atoms with Crippen LogP contribution in [0.4, 0.5) is 0 Å². The van der Waals surface area contributed by atoms with Crippen molar-refractivity contribution in [2.45, 2.75) is 5.37 Å². The molecule has 1 atom stereocenters. The number of quaternary nitrogens is 1. The molecule has 0 radical (unpaired) electrons. The molecule has 1 saturated heterocycles. The smallest absolute Gasteiger partial charge is 0.161 e. The summed E-state index contributed by atoms with van der Waals surface area (Å²) in [6.45, 7) is 1.20. The molecular formula is C11H16ClNO2S. The van der Waals surface area contributed by atoms with Gasteiger partial charge in [0, 0.05) is 11.3 Å². The van der Waals surface area contributed by atoms with Gasteiger partial charge in [-0.05, 0) is 18.2 Å². The summed E-state index contributed by atoms with van der Waals surface area (Å²) in [7, 11) is 3.33. The van der Waals surface area contributed by atoms with Crippen molar-refractivity contribution in [3.63, 3.8) is 0 Å². The fourth-order valence-electron chi connectivity index (χ4n) is 1.74. The van der Waals surface area contributed by atoms with Crippen LogP contribution in [0, 0.1) is 0 Å². The molecular weight excluding hydrogens is 246 g/mol. The van der Waals surface area contributed by atoms with E-state index < -0.39 is 0 Å². The maximum atomic E-state index is 5.29. The van der Waals surface area contributed by atoms with Gasteiger partial charge in [0.05, 0.1) is 20.8 Å². The number of nitrogens with two attached hydrogens (primary N) is 1. The van der Waals surface area contributed by atoms with Crippen LogP contribution in [0.3, 0.4) is 0 Å². The second-order valence-electron chi connectivity index (χ2n) is 3.43. The third kappa shape index (κ3) is 2.75. The van der Waals surface area contributed by atoms with Gasteiger partial charge in [0.1, 0.15) is 0 Å². The standard InChI is InChI=1S/C11H15NO2S.ClH/c1-13-9-4-3-8(7-10(9)14-2)11-12-5-6-15-11;/h3-4,7,11-12H,5-6H2,1-2H3;1H. The predicted octanol–water partition coefficient (Wildman–Crippen LogP) is -1.98. The fraction of sp³-hybridized carbons (Fsp3) is 0.455. The molecule has 0 spiro atoms. The average molecular weight is 262 g/mol. The van der Waals surface area contributed by atoms with Crippen LogP contribution in [0.2, 0.25) is 0 Å². The fourth-order valence-corrected chi connectivity index (χ4v) is 2.88. The Balaban J connectivity index is 0.00000128. The van der Waals surface area contributed by atoms with E-state index in [0.717, 1.165) is 11.5 Å². The van der Waals surface area contributed by atoms with E-state index in [4.69, 9.17) is 9.47 Å². The highest BCUT2D eigenvalue weighted by Gasteiger charge is 2.22. The summed E-state index contributed by atoms with van der Waals surface area (Å²) < 4.78 is 10.5. The minimum absolute atomic E-state index is 0. The van der Waals surface area contributed by atoms with Gasteiger partial charge < -0.3 is 27.2 Å². The van der Waals surface area contributed by atoms with Gasteiger partial charge in [0.2, 0.25) is 0 Å². The van der Waals surface area contributed by atoms with Crippen LogP contribution < -0.4 is 27.2 Å². The van der Waals surface area contributed by atoms with E-state index in [1.807, 2.05) is 17.8 Å². The molecule has 0 aliphatic carbocycles. The van der Waals surface area contributed by atoms with Gasteiger partial charge in [0.25, 0.3) is 0 Å². The van der Waals surface area contributed by atoms with Crippen molar-refractivity contribution in [1.82, 2.24) is 0 Å². The topological polar surface area (TPSA) is 35.1 Å². The Labute approximate surface area is 106 Å². The number of thioether (sulfide) groups is 1. The summed E-state index contributed by atoms with van der Waals surface area (Å²) in [6.07, 6.45) is 0. The zero-order valence-corrected chi connectivity index (χ0v) is 11.0. The Morgan fingerprint density at radius 2 is 2.00 bits per heavy atom. The van der Waals surface area contributed by atoms with Crippen LogP contribution in [0.1, 0.15) is 10.9 Å². The van der Waals surface area contributed by atoms with E-state index in [1.165, 1.54) is 17.9 Å². The van der Waals surface area contributed by atoms with E-state index in [0.29, 0.717) is 5.37 Å². The first-order chi connectivity index (χ1) is 7.35. The molecule has 0 saturated carbocycles. The quantitative estimate of drug-likeness (QED) is 0.685. The van der Waals surface area contributed by atoms with Gasteiger partial charge >= 0.3 is 0 Å². The normalized spacial score (nSPS) is 19.0. The summed E-state index contributed by atoms with van der Waals surface area (Å²) in [5, 5.41) is 2.87. The number of rotatable bonds is 3. The molecule has 1 unspecified atom stereocenters. The van der Waals surface area contributed by atoms with Crippen LogP contribution >= 0.6 is 11.8 Å². The molecule has 90 valence electrons. The predicted molar refractivity (Wildman–Crippen MR) is 61.5 cm³/mol. The summed E-state index contributed by atoms with van der Waals surface area (Å²) >= 11 is 1.98. The van der Waals surface area contributed by atoms with E-state index in [1.54, 1.807) is 14.2 Å². The second-order valence-corrected chi connectivity index (χ2v) is 4.68. The van der Waals surface area contributed by atoms with E-state index in [-0.39, 0.29) is 12.4 Å². The molecule has 1 aromatic rings. The zero-order valence-electron chi connectivity index (χ0n) is 9.40. The summed E-state index contributed by atoms with van der Waals surface area (Å²) in [5.74, 6) is 2.83. The average Bonchev–Trinajstić information content (AvgIpc) is 2.81. The van der Waals surface area contributed by atoms with Crippen LogP contribution in [-0.4, -0.2) is 26.5 Å². The van der Waals surface area contributed by atoms with E-state index in [2.05, 4.69) is 17.4 Å². The summed E-state index contributed by atoms with van der Waals surface area (Å²) in [5.41, 5.74) is 1.30. The SMILES string of the molecule is COc1ccc(C2[NH2+]CCS2)cc1OC.[Cl-]. The highest BCUT2D eigenvalue weighted by atomic mass is 35.5. The highest BCUT2D eigenvalue weighted by Crippen LogP contribution is 2.32. The lowest BCUT2D eigenvalue weighted by atomic mass is 10.2. The number of ether oxygens (including phenoxy) is 2. The first-order valence-electron chi connectivity index (χ1n) is 5.02. The highest BCUT2D eigenvalue weighted by molar-refractivity contribution is 7.99. The van der Waals surface area contributed by atoms with Crippen LogP contribution in [0.15, 0.2) is 18.2 Å². The third-order valence-electron chi connectivity index (χ3n) is 2.53. The number of halogens is 1. The van der Waals surface area contributed by atoms with Crippen molar-refractivity contribution in [1.29, 1.82) is 0 Å². The molecule has 0 bridgehead atoms. The van der Waals surface area contributed by atoms with E-state index >= 15 is 0 Å². The molecule has 2 rings (SSSR count). The first kappa shape index (κ1) is 13.5. The Hall–Kier alpha value is -0.580. The van der Waals surface area contributed by atoms with Crippen molar-refractivity contribution in [2.75, 3.05) is 26.5 Å². The number of hydrogen-bond donors (Lipinski definition) is 1. The van der Waals surface area contributed by atoms with Gasteiger partial charge in [0.15, 0.2) is 16.9 Å². The van der Waals surface area contributed by atoms with Crippen molar-refractivity contribution in [3.8, 4) is 11.5 Å². The van der Waals surface area contributed by atoms with Gasteiger partial charge in [-0.1, -0.05) is 11.8 Å². The van der Waals surface area contributed by atoms with Gasteiger partial charge in [-0.3, -0.25) is 0 Å². The third-order valence-corrected chi connectivity index (χ3v) is 3.83. The molecule has 1 aromatic carbocycles. The molecule has 5 heteroatoms. The maximum absolute atomic E-state index is 5.29. The van der Waals surface area contributed by atoms with Crippen LogP contribution in [0.25, 0.3) is 0 Å². The molecule has 0 aromatic heterocycles. The van der Waals surface area contributed by atoms with Gasteiger partial charge in [-0.2, -0.15) is 0 Å². The largest absolute Gasteiger partial charge is 1.00 e. The Kier molecular flexibility index (Phi) is 5.25. The van der Waals surface area contributed by atoms with Gasteiger partial charge in [-0.25, -0.2) is 0 Å². The molecule has 16 heavy (non-hydrogen) atoms. The lowest BCUT2D eigenvalue weighted by molar-refractivity contribution is -0.663. The number of hydrogen-bond acceptors (Lipinski definition) is 3. The van der Waals surface area contributed by atoms with Crippen molar-refractivity contribution in [3.05, 3.63) is 23.8 Å². The van der Waals surface area contributed by atoms with Crippen LogP contribution in [-0.2, 0) is 0 Å². The van der Waals surface area contributed by atoms with Crippen molar-refractivity contribution < 1.29 is 27.2 Å². The Morgan fingerprint density at radius 3 is 2.56 bits per heavy atom. The maximum Gasteiger partial charge on any atom is 0.161 e. The Morgan fingerprint density at radius 1 is 1.25 bits per heavy atom. The molecule has 2 N–H and O–H groups in total. The molecule has 0 amide bonds. The molecule has 1 aliphatic heterocycles. The second kappa shape index (κ2) is 6.23. The number of methoxy groups -OCH3 is 2. The molecule has 1 aliphatic rings. The van der Waals surface area contributed by atoms with Crippen LogP contribution in [0.5, 0.6) is 11.5 Å².